The summed E-state index contributed by atoms with van der Waals surface area (Å²) < 4.78 is 0. The molecule has 0 saturated carbocycles. The highest BCUT2D eigenvalue weighted by atomic mass is 32.1. The van der Waals surface area contributed by atoms with E-state index < -0.39 is 0 Å². The second kappa shape index (κ2) is 5.41. The van der Waals surface area contributed by atoms with Crippen LogP contribution in [0.5, 0.6) is 0 Å². The Balaban J connectivity index is 2.92. The Morgan fingerprint density at radius 2 is 2.38 bits per heavy atom. The number of nitrogens with two attached hydrogens (primary N) is 1. The van der Waals surface area contributed by atoms with Gasteiger partial charge in [-0.3, -0.25) is 0 Å². The van der Waals surface area contributed by atoms with Crippen molar-refractivity contribution < 1.29 is 4.84 Å². The van der Waals surface area contributed by atoms with E-state index >= 15 is 0 Å². The van der Waals surface area contributed by atoms with E-state index in [4.69, 9.17) is 5.90 Å². The Morgan fingerprint density at radius 3 is 2.75 bits per heavy atom. The summed E-state index contributed by atoms with van der Waals surface area (Å²) in [6.45, 7) is 2.73. The summed E-state index contributed by atoms with van der Waals surface area (Å²) in [7, 11) is 0. The van der Waals surface area contributed by atoms with Crippen molar-refractivity contribution in [1.29, 1.82) is 0 Å². The third kappa shape index (κ3) is 4.43. The minimum absolute atomic E-state index is 0.539. The van der Waals surface area contributed by atoms with Crippen LogP contribution in [-0.4, -0.2) is 12.4 Å². The molecule has 0 aromatic heterocycles. The maximum atomic E-state index is 4.83. The van der Waals surface area contributed by atoms with Crippen LogP contribution < -0.4 is 5.90 Å². The van der Waals surface area contributed by atoms with Crippen LogP contribution in [0.4, 0.5) is 0 Å². The van der Waals surface area contributed by atoms with Crippen LogP contribution in [-0.2, 0) is 4.84 Å². The number of rotatable bonds is 4. The molecule has 50 valence electrons. The van der Waals surface area contributed by atoms with Crippen molar-refractivity contribution in [2.75, 3.05) is 12.4 Å². The highest BCUT2D eigenvalue weighted by Crippen LogP contribution is 2.01. The molecule has 2 N–H and O–H groups in total. The van der Waals surface area contributed by atoms with E-state index in [1.54, 1.807) is 0 Å². The molecular weight excluding hydrogens is 122 g/mol. The number of thiol groups is 1. The Bertz CT molecular complexity index is 45.7. The van der Waals surface area contributed by atoms with Crippen molar-refractivity contribution in [1.82, 2.24) is 0 Å². The second-order valence-corrected chi connectivity index (χ2v) is 2.40. The van der Waals surface area contributed by atoms with E-state index in [1.807, 2.05) is 0 Å². The minimum Gasteiger partial charge on any atom is -0.304 e. The van der Waals surface area contributed by atoms with E-state index in [-0.39, 0.29) is 0 Å². The largest absolute Gasteiger partial charge is 0.304 e. The zero-order valence-electron chi connectivity index (χ0n) is 5.13. The van der Waals surface area contributed by atoms with Crippen molar-refractivity contribution in [3.63, 3.8) is 0 Å². The molecule has 0 fully saturated rings. The summed E-state index contributed by atoms with van der Waals surface area (Å²) in [5.41, 5.74) is 0. The van der Waals surface area contributed by atoms with Crippen LogP contribution in [0.25, 0.3) is 0 Å². The predicted octanol–water partition coefficient (Wildman–Crippen LogP) is 0.833. The zero-order chi connectivity index (χ0) is 6.41. The quantitative estimate of drug-likeness (QED) is 0.442. The first kappa shape index (κ1) is 8.27. The summed E-state index contributed by atoms with van der Waals surface area (Å²) in [4.78, 5) is 4.42. The molecule has 0 heterocycles. The van der Waals surface area contributed by atoms with Crippen molar-refractivity contribution >= 4 is 12.6 Å². The summed E-state index contributed by atoms with van der Waals surface area (Å²) in [6, 6.07) is 0. The van der Waals surface area contributed by atoms with Gasteiger partial charge in [0, 0.05) is 0 Å². The standard InChI is InChI=1S/C5H13NOS/c1-5(2-3-8)4-7-6/h5,8H,2-4,6H2,1H3. The first-order chi connectivity index (χ1) is 3.81. The molecule has 1 atom stereocenters. The summed E-state index contributed by atoms with van der Waals surface area (Å²) in [6.07, 6.45) is 1.07. The van der Waals surface area contributed by atoms with Crippen LogP contribution in [0, 0.1) is 5.92 Å². The molecule has 0 radical (unpaired) electrons. The van der Waals surface area contributed by atoms with Crippen molar-refractivity contribution in [3.05, 3.63) is 0 Å². The van der Waals surface area contributed by atoms with Gasteiger partial charge in [-0.2, -0.15) is 12.6 Å². The highest BCUT2D eigenvalue weighted by molar-refractivity contribution is 7.80. The van der Waals surface area contributed by atoms with E-state index in [0.29, 0.717) is 12.5 Å². The Morgan fingerprint density at radius 1 is 1.75 bits per heavy atom. The average Bonchev–Trinajstić information content (AvgIpc) is 1.68. The van der Waals surface area contributed by atoms with Crippen LogP contribution >= 0.6 is 12.6 Å². The molecule has 0 amide bonds. The van der Waals surface area contributed by atoms with Crippen LogP contribution in [0.1, 0.15) is 13.3 Å². The van der Waals surface area contributed by atoms with Gasteiger partial charge in [0.2, 0.25) is 0 Å². The van der Waals surface area contributed by atoms with Gasteiger partial charge in [-0.25, -0.2) is 5.90 Å². The van der Waals surface area contributed by atoms with Crippen LogP contribution in [0.2, 0.25) is 0 Å². The van der Waals surface area contributed by atoms with Crippen molar-refractivity contribution in [2.45, 2.75) is 13.3 Å². The zero-order valence-corrected chi connectivity index (χ0v) is 6.03. The van der Waals surface area contributed by atoms with Gasteiger partial charge >= 0.3 is 0 Å². The summed E-state index contributed by atoms with van der Waals surface area (Å²) >= 11 is 4.06. The summed E-state index contributed by atoms with van der Waals surface area (Å²) in [5, 5.41) is 0. The Labute approximate surface area is 55.8 Å². The smallest absolute Gasteiger partial charge is 0.0705 e. The van der Waals surface area contributed by atoms with Gasteiger partial charge in [-0.15, -0.1) is 0 Å². The second-order valence-electron chi connectivity index (χ2n) is 1.95. The molecule has 8 heavy (non-hydrogen) atoms. The predicted molar refractivity (Wildman–Crippen MR) is 37.8 cm³/mol. The molecule has 0 aliphatic carbocycles. The van der Waals surface area contributed by atoms with Gasteiger partial charge < -0.3 is 4.84 Å². The molecular formula is C5H13NOS. The molecule has 1 unspecified atom stereocenters. The molecule has 0 saturated heterocycles. The molecule has 0 spiro atoms. The number of hydrogen-bond acceptors (Lipinski definition) is 3. The lowest BCUT2D eigenvalue weighted by Crippen LogP contribution is -2.09. The Kier molecular flexibility index (Phi) is 5.59. The van der Waals surface area contributed by atoms with Crippen LogP contribution in [0.3, 0.4) is 0 Å². The molecule has 0 aromatic rings. The van der Waals surface area contributed by atoms with Gasteiger partial charge in [-0.05, 0) is 18.1 Å². The first-order valence-corrected chi connectivity index (χ1v) is 3.37. The van der Waals surface area contributed by atoms with E-state index in [0.717, 1.165) is 12.2 Å². The van der Waals surface area contributed by atoms with Crippen molar-refractivity contribution in [3.8, 4) is 0 Å². The fraction of sp³-hybridized carbons (Fsp3) is 1.00. The van der Waals surface area contributed by atoms with E-state index in [2.05, 4.69) is 24.4 Å². The third-order valence-corrected chi connectivity index (χ3v) is 1.26. The first-order valence-electron chi connectivity index (χ1n) is 2.73. The van der Waals surface area contributed by atoms with Gasteiger partial charge in [-0.1, -0.05) is 6.92 Å². The van der Waals surface area contributed by atoms with E-state index in [9.17, 15) is 0 Å². The topological polar surface area (TPSA) is 35.2 Å². The fourth-order valence-electron chi connectivity index (χ4n) is 0.468. The monoisotopic (exact) mass is 135 g/mol. The maximum absolute atomic E-state index is 4.83. The highest BCUT2D eigenvalue weighted by Gasteiger charge is 1.97. The average molecular weight is 135 g/mol. The Hall–Kier alpha value is 0.270. The third-order valence-electron chi connectivity index (χ3n) is 1.00. The van der Waals surface area contributed by atoms with Gasteiger partial charge in [0.25, 0.3) is 0 Å². The molecule has 0 aliphatic heterocycles. The van der Waals surface area contributed by atoms with Gasteiger partial charge in [0.1, 0.15) is 0 Å². The normalized spacial score (nSPS) is 13.9. The number of hydrogen-bond donors (Lipinski definition) is 2. The summed E-state index contributed by atoms with van der Waals surface area (Å²) in [5.74, 6) is 6.28. The lowest BCUT2D eigenvalue weighted by Gasteiger charge is -2.05. The van der Waals surface area contributed by atoms with Crippen LogP contribution in [0.15, 0.2) is 0 Å². The molecule has 0 bridgehead atoms. The molecule has 0 aliphatic rings. The maximum Gasteiger partial charge on any atom is 0.0705 e. The fourth-order valence-corrected chi connectivity index (χ4v) is 0.909. The molecule has 0 rings (SSSR count). The molecule has 0 aromatic carbocycles. The van der Waals surface area contributed by atoms with E-state index in [1.165, 1.54) is 0 Å². The minimum atomic E-state index is 0.539. The molecule has 3 heteroatoms. The van der Waals surface area contributed by atoms with Gasteiger partial charge in [0.05, 0.1) is 6.61 Å². The van der Waals surface area contributed by atoms with Crippen molar-refractivity contribution in [2.24, 2.45) is 11.8 Å². The lowest BCUT2D eigenvalue weighted by molar-refractivity contribution is 0.106. The lowest BCUT2D eigenvalue weighted by atomic mass is 10.1. The SMILES string of the molecule is CC(CCS)CON. The van der Waals surface area contributed by atoms with Gasteiger partial charge in [0.15, 0.2) is 0 Å². The molecule has 2 nitrogen and oxygen atoms in total.